The van der Waals surface area contributed by atoms with Crippen molar-refractivity contribution in [2.24, 2.45) is 0 Å². The van der Waals surface area contributed by atoms with Crippen LogP contribution in [0.1, 0.15) is 48.5 Å². The SMILES string of the molecule is O=C(Nc1ccccc1)Nc1ccc(COCCOCCCCCCNC[C@H](O)c2ccc(O)c(CO)c2)cc1. The topological polar surface area (TPSA) is 132 Å². The van der Waals surface area contributed by atoms with E-state index in [9.17, 15) is 20.1 Å². The monoisotopic (exact) mass is 551 g/mol. The molecule has 0 aromatic heterocycles. The predicted octanol–water partition coefficient (Wildman–Crippen LogP) is 4.95. The number of aromatic hydroxyl groups is 1. The van der Waals surface area contributed by atoms with Crippen molar-refractivity contribution in [3.05, 3.63) is 89.5 Å². The van der Waals surface area contributed by atoms with Gasteiger partial charge in [0.15, 0.2) is 0 Å². The molecule has 0 saturated heterocycles. The number of unbranched alkanes of at least 4 members (excludes halogenated alkanes) is 3. The summed E-state index contributed by atoms with van der Waals surface area (Å²) < 4.78 is 11.3. The van der Waals surface area contributed by atoms with Crippen molar-refractivity contribution in [2.45, 2.75) is 45.0 Å². The predicted molar refractivity (Wildman–Crippen MR) is 156 cm³/mol. The molecule has 0 aliphatic carbocycles. The first-order valence-corrected chi connectivity index (χ1v) is 13.7. The molecule has 216 valence electrons. The van der Waals surface area contributed by atoms with Crippen molar-refractivity contribution >= 4 is 17.4 Å². The number of rotatable bonds is 18. The number of urea groups is 1. The molecule has 9 nitrogen and oxygen atoms in total. The first kappa shape index (κ1) is 31.1. The summed E-state index contributed by atoms with van der Waals surface area (Å²) in [4.78, 5) is 12.1. The van der Waals surface area contributed by atoms with Gasteiger partial charge in [-0.15, -0.1) is 0 Å². The fourth-order valence-corrected chi connectivity index (χ4v) is 4.01. The molecule has 0 radical (unpaired) electrons. The lowest BCUT2D eigenvalue weighted by molar-refractivity contribution is 0.0393. The zero-order chi connectivity index (χ0) is 28.4. The van der Waals surface area contributed by atoms with Crippen LogP contribution in [0.3, 0.4) is 0 Å². The molecule has 0 bridgehead atoms. The van der Waals surface area contributed by atoms with Crippen LogP contribution in [0.2, 0.25) is 0 Å². The van der Waals surface area contributed by atoms with Crippen molar-refractivity contribution < 1.29 is 29.6 Å². The fourth-order valence-electron chi connectivity index (χ4n) is 4.01. The van der Waals surface area contributed by atoms with Crippen LogP contribution in [-0.2, 0) is 22.7 Å². The number of carbonyl (C=O) groups excluding carboxylic acids is 1. The number of aliphatic hydroxyl groups is 2. The van der Waals surface area contributed by atoms with Gasteiger partial charge in [0.25, 0.3) is 0 Å². The number of anilines is 2. The van der Waals surface area contributed by atoms with E-state index in [1.807, 2.05) is 54.6 Å². The van der Waals surface area contributed by atoms with Gasteiger partial charge in [-0.05, 0) is 66.9 Å². The van der Waals surface area contributed by atoms with Crippen LogP contribution >= 0.6 is 0 Å². The minimum Gasteiger partial charge on any atom is -0.508 e. The summed E-state index contributed by atoms with van der Waals surface area (Å²) >= 11 is 0. The molecule has 3 aromatic carbocycles. The van der Waals surface area contributed by atoms with E-state index in [0.717, 1.165) is 43.5 Å². The van der Waals surface area contributed by atoms with Gasteiger partial charge in [0.1, 0.15) is 5.75 Å². The van der Waals surface area contributed by atoms with Crippen LogP contribution in [0, 0.1) is 0 Å². The van der Waals surface area contributed by atoms with Gasteiger partial charge in [0, 0.05) is 30.1 Å². The van der Waals surface area contributed by atoms with E-state index < -0.39 is 6.10 Å². The van der Waals surface area contributed by atoms with E-state index in [0.29, 0.717) is 49.8 Å². The molecule has 0 unspecified atom stereocenters. The smallest absolute Gasteiger partial charge is 0.323 e. The first-order chi connectivity index (χ1) is 19.5. The molecule has 40 heavy (non-hydrogen) atoms. The molecule has 0 aliphatic heterocycles. The minimum atomic E-state index is -0.684. The second-order valence-electron chi connectivity index (χ2n) is 9.49. The van der Waals surface area contributed by atoms with Crippen LogP contribution in [0.25, 0.3) is 0 Å². The lowest BCUT2D eigenvalue weighted by Crippen LogP contribution is -2.22. The average Bonchev–Trinajstić information content (AvgIpc) is 2.97. The average molecular weight is 552 g/mol. The number of hydrogen-bond donors (Lipinski definition) is 6. The van der Waals surface area contributed by atoms with Gasteiger partial charge in [0.05, 0.1) is 32.5 Å². The highest BCUT2D eigenvalue weighted by molar-refractivity contribution is 5.99. The van der Waals surface area contributed by atoms with Gasteiger partial charge in [-0.1, -0.05) is 49.2 Å². The van der Waals surface area contributed by atoms with Gasteiger partial charge in [-0.3, -0.25) is 0 Å². The summed E-state index contributed by atoms with van der Waals surface area (Å²) in [6.45, 7) is 3.23. The minimum absolute atomic E-state index is 0.0335. The highest BCUT2D eigenvalue weighted by Gasteiger charge is 2.10. The maximum absolute atomic E-state index is 12.1. The van der Waals surface area contributed by atoms with E-state index >= 15 is 0 Å². The molecular formula is C31H41N3O6. The summed E-state index contributed by atoms with van der Waals surface area (Å²) in [6, 6.07) is 21.3. The Balaban J connectivity index is 1.13. The molecule has 0 spiro atoms. The third-order valence-electron chi connectivity index (χ3n) is 6.27. The van der Waals surface area contributed by atoms with Gasteiger partial charge in [-0.25, -0.2) is 4.79 Å². The summed E-state index contributed by atoms with van der Waals surface area (Å²) in [7, 11) is 0. The molecule has 0 aliphatic rings. The first-order valence-electron chi connectivity index (χ1n) is 13.7. The lowest BCUT2D eigenvalue weighted by atomic mass is 10.1. The fraction of sp³-hybridized carbons (Fsp3) is 0.387. The van der Waals surface area contributed by atoms with Crippen LogP contribution in [0.15, 0.2) is 72.8 Å². The summed E-state index contributed by atoms with van der Waals surface area (Å²) in [5, 5.41) is 38.0. The number of hydrogen-bond acceptors (Lipinski definition) is 7. The quantitative estimate of drug-likeness (QED) is 0.123. The Bertz CT molecular complexity index is 1130. The second-order valence-corrected chi connectivity index (χ2v) is 9.49. The zero-order valence-electron chi connectivity index (χ0n) is 22.9. The maximum atomic E-state index is 12.1. The molecule has 9 heteroatoms. The Hall–Kier alpha value is -3.47. The number of para-hydroxylation sites is 1. The van der Waals surface area contributed by atoms with Gasteiger partial charge < -0.3 is 40.7 Å². The molecule has 0 saturated carbocycles. The molecule has 0 fully saturated rings. The number of nitrogens with one attached hydrogen (secondary N) is 3. The van der Waals surface area contributed by atoms with Gasteiger partial charge in [-0.2, -0.15) is 0 Å². The van der Waals surface area contributed by atoms with Crippen molar-refractivity contribution in [3.63, 3.8) is 0 Å². The van der Waals surface area contributed by atoms with E-state index in [1.165, 1.54) is 6.07 Å². The molecule has 3 rings (SSSR count). The van der Waals surface area contributed by atoms with Gasteiger partial charge >= 0.3 is 6.03 Å². The maximum Gasteiger partial charge on any atom is 0.323 e. The summed E-state index contributed by atoms with van der Waals surface area (Å²) in [5.41, 5.74) is 3.55. The molecule has 6 N–H and O–H groups in total. The Kier molecular flexibility index (Phi) is 14.0. The lowest BCUT2D eigenvalue weighted by Gasteiger charge is -2.14. The number of ether oxygens (including phenoxy) is 2. The van der Waals surface area contributed by atoms with E-state index in [-0.39, 0.29) is 18.4 Å². The number of aliphatic hydroxyl groups excluding tert-OH is 2. The Morgan fingerprint density at radius 1 is 0.800 bits per heavy atom. The van der Waals surface area contributed by atoms with Crippen LogP contribution < -0.4 is 16.0 Å². The Labute approximate surface area is 236 Å². The molecule has 1 atom stereocenters. The highest BCUT2D eigenvalue weighted by atomic mass is 16.5. The normalized spacial score (nSPS) is 11.8. The number of benzene rings is 3. The molecule has 0 heterocycles. The largest absolute Gasteiger partial charge is 0.508 e. The summed E-state index contributed by atoms with van der Waals surface area (Å²) in [5.74, 6) is 0.0335. The Morgan fingerprint density at radius 2 is 1.50 bits per heavy atom. The number of phenols is 1. The molecule has 3 aromatic rings. The third-order valence-corrected chi connectivity index (χ3v) is 6.27. The highest BCUT2D eigenvalue weighted by Crippen LogP contribution is 2.22. The van der Waals surface area contributed by atoms with Crippen molar-refractivity contribution in [1.29, 1.82) is 0 Å². The Morgan fingerprint density at radius 3 is 2.25 bits per heavy atom. The van der Waals surface area contributed by atoms with Crippen LogP contribution in [-0.4, -0.2) is 54.3 Å². The van der Waals surface area contributed by atoms with Gasteiger partial charge in [0.2, 0.25) is 0 Å². The third kappa shape index (κ3) is 11.7. The van der Waals surface area contributed by atoms with Crippen molar-refractivity contribution in [3.8, 4) is 5.75 Å². The standard InChI is InChI=1S/C31H41N3O6/c35-22-26-20-25(12-15-29(26)36)30(37)21-32-16-6-1-2-7-17-39-18-19-40-23-24-10-13-28(14-11-24)34-31(38)33-27-8-4-3-5-9-27/h3-5,8-15,20,30,32,35-37H,1-2,6-7,16-19,21-23H2,(H2,33,34,38)/t30-/m0/s1. The van der Waals surface area contributed by atoms with E-state index in [2.05, 4.69) is 16.0 Å². The van der Waals surface area contributed by atoms with Crippen LogP contribution in [0.5, 0.6) is 5.75 Å². The second kappa shape index (κ2) is 18.0. The van der Waals surface area contributed by atoms with Crippen molar-refractivity contribution in [2.75, 3.05) is 43.5 Å². The van der Waals surface area contributed by atoms with E-state index in [1.54, 1.807) is 12.1 Å². The molecule has 2 amide bonds. The number of carbonyl (C=O) groups is 1. The summed E-state index contributed by atoms with van der Waals surface area (Å²) in [6.07, 6.45) is 3.48. The van der Waals surface area contributed by atoms with E-state index in [4.69, 9.17) is 9.47 Å². The van der Waals surface area contributed by atoms with Crippen LogP contribution in [0.4, 0.5) is 16.2 Å². The zero-order valence-corrected chi connectivity index (χ0v) is 22.9. The van der Waals surface area contributed by atoms with Crippen molar-refractivity contribution in [1.82, 2.24) is 5.32 Å². The number of amides is 2. The molecular weight excluding hydrogens is 510 g/mol.